The van der Waals surface area contributed by atoms with Crippen LogP contribution in [0.5, 0.6) is 0 Å². The highest BCUT2D eigenvalue weighted by Gasteiger charge is 2.15. The number of primary amides is 2. The van der Waals surface area contributed by atoms with Gasteiger partial charge in [-0.25, -0.2) is 29.0 Å². The molecule has 2 amide bonds. The maximum Gasteiger partial charge on any atom is 0.353 e. The number of H-pyrrole nitrogens is 1. The third-order valence-electron chi connectivity index (χ3n) is 3.40. The Morgan fingerprint density at radius 1 is 1.19 bits per heavy atom. The molecule has 3 aromatic heterocycles. The Kier molecular flexibility index (Phi) is 9.19. The van der Waals surface area contributed by atoms with Crippen molar-refractivity contribution in [2.75, 3.05) is 0 Å². The van der Waals surface area contributed by atoms with Crippen molar-refractivity contribution in [2.24, 2.45) is 21.6 Å². The summed E-state index contributed by atoms with van der Waals surface area (Å²) >= 11 is 0. The van der Waals surface area contributed by atoms with E-state index in [9.17, 15) is 19.2 Å². The number of nitrogens with two attached hydrogens (primary N) is 3. The number of aromatic amines is 1. The van der Waals surface area contributed by atoms with E-state index in [1.807, 2.05) is 13.8 Å². The standard InChI is InChI=1S/C8H10N6O2.C4H5N5O.C4H7NO/c1-4(2)14-8(16)13-3-10-5(6(9)15)7(13)11-12-14;5-3(10)2-4(9-6)8-1-7-2;1-4(2)5-3-6/h3-4H,1-2H3,(H2,9,15);1,6H,(H2,5,10)(H,7,8);4H,1-2H3/p+1. The maximum atomic E-state index is 11.8. The van der Waals surface area contributed by atoms with Gasteiger partial charge in [-0.2, -0.15) is 10.2 Å². The van der Waals surface area contributed by atoms with Crippen molar-refractivity contribution in [3.63, 3.8) is 0 Å². The number of nitrogens with zero attached hydrogens (tertiary/aromatic N) is 8. The van der Waals surface area contributed by atoms with Crippen LogP contribution in [0, 0.1) is 0 Å². The van der Waals surface area contributed by atoms with Gasteiger partial charge < -0.3 is 16.5 Å². The minimum atomic E-state index is -0.738. The van der Waals surface area contributed by atoms with Crippen LogP contribution in [-0.2, 0) is 4.79 Å². The van der Waals surface area contributed by atoms with E-state index >= 15 is 0 Å². The van der Waals surface area contributed by atoms with E-state index < -0.39 is 17.5 Å². The summed E-state index contributed by atoms with van der Waals surface area (Å²) in [5.41, 5.74) is 14.6. The summed E-state index contributed by atoms with van der Waals surface area (Å²) in [6, 6.07) is -0.0219. The van der Waals surface area contributed by atoms with Crippen molar-refractivity contribution in [1.82, 2.24) is 34.3 Å². The van der Waals surface area contributed by atoms with Crippen molar-refractivity contribution in [3.05, 3.63) is 34.5 Å². The average Bonchev–Trinajstić information content (AvgIpc) is 3.36. The molecule has 0 bridgehead atoms. The summed E-state index contributed by atoms with van der Waals surface area (Å²) in [6.45, 7) is 7.25. The van der Waals surface area contributed by atoms with Gasteiger partial charge in [0.1, 0.15) is 6.33 Å². The number of fused-ring (bicyclic) bond motifs is 1. The van der Waals surface area contributed by atoms with Crippen molar-refractivity contribution in [2.45, 2.75) is 39.8 Å². The molecule has 3 aromatic rings. The van der Waals surface area contributed by atoms with Crippen molar-refractivity contribution < 1.29 is 19.9 Å². The SMILES string of the molecule is CC(C)N=C=O.CC(C)n1nnc2c(C(N)=O)ncn2c1=O.NC(=O)c1[nH]cnc1N=[NH2+]. The van der Waals surface area contributed by atoms with E-state index in [1.165, 1.54) is 23.4 Å². The zero-order chi connectivity index (χ0) is 24.4. The van der Waals surface area contributed by atoms with E-state index in [-0.39, 0.29) is 34.9 Å². The van der Waals surface area contributed by atoms with Crippen LogP contribution < -0.4 is 22.7 Å². The highest BCUT2D eigenvalue weighted by molar-refractivity contribution is 5.96. The lowest BCUT2D eigenvalue weighted by Gasteiger charge is -2.05. The van der Waals surface area contributed by atoms with Gasteiger partial charge in [0.05, 0.1) is 18.4 Å². The number of amides is 2. The summed E-state index contributed by atoms with van der Waals surface area (Å²) in [7, 11) is 0. The molecule has 16 nitrogen and oxygen atoms in total. The smallest absolute Gasteiger partial charge is 0.353 e. The quantitative estimate of drug-likeness (QED) is 0.194. The lowest BCUT2D eigenvalue weighted by Crippen LogP contribution is -2.31. The van der Waals surface area contributed by atoms with Crippen molar-refractivity contribution >= 4 is 29.4 Å². The van der Waals surface area contributed by atoms with Gasteiger partial charge in [-0.05, 0) is 27.7 Å². The van der Waals surface area contributed by atoms with E-state index in [0.717, 1.165) is 4.40 Å². The largest absolute Gasteiger partial charge is 0.364 e. The van der Waals surface area contributed by atoms with Gasteiger partial charge in [0.15, 0.2) is 17.0 Å². The summed E-state index contributed by atoms with van der Waals surface area (Å²) in [4.78, 5) is 55.8. The molecule has 0 radical (unpaired) electrons. The van der Waals surface area contributed by atoms with Crippen LogP contribution in [0.15, 0.2) is 27.6 Å². The molecule has 0 fully saturated rings. The molecular weight excluding hydrogens is 424 g/mol. The van der Waals surface area contributed by atoms with Crippen LogP contribution in [0.25, 0.3) is 5.65 Å². The monoisotopic (exact) mass is 447 g/mol. The lowest BCUT2D eigenvalue weighted by molar-refractivity contribution is -0.211. The zero-order valence-corrected chi connectivity index (χ0v) is 17.8. The Morgan fingerprint density at radius 2 is 1.84 bits per heavy atom. The number of aliphatic imine (C=N–C) groups is 1. The Morgan fingerprint density at radius 3 is 2.25 bits per heavy atom. The van der Waals surface area contributed by atoms with Gasteiger partial charge in [-0.1, -0.05) is 5.21 Å². The second-order valence-electron chi connectivity index (χ2n) is 6.47. The predicted molar refractivity (Wildman–Crippen MR) is 108 cm³/mol. The van der Waals surface area contributed by atoms with Gasteiger partial charge in [-0.15, -0.1) is 5.10 Å². The minimum Gasteiger partial charge on any atom is -0.364 e. The normalized spacial score (nSPS) is 9.94. The zero-order valence-electron chi connectivity index (χ0n) is 17.8. The third-order valence-corrected chi connectivity index (χ3v) is 3.40. The van der Waals surface area contributed by atoms with Crippen LogP contribution in [-0.4, -0.2) is 58.3 Å². The van der Waals surface area contributed by atoms with E-state index in [0.29, 0.717) is 0 Å². The van der Waals surface area contributed by atoms with E-state index in [4.69, 9.17) is 17.0 Å². The van der Waals surface area contributed by atoms with E-state index in [2.05, 4.69) is 35.4 Å². The second kappa shape index (κ2) is 11.6. The van der Waals surface area contributed by atoms with Crippen molar-refractivity contribution in [1.29, 1.82) is 0 Å². The van der Waals surface area contributed by atoms with E-state index in [1.54, 1.807) is 13.8 Å². The van der Waals surface area contributed by atoms with Crippen LogP contribution in [0.3, 0.4) is 0 Å². The van der Waals surface area contributed by atoms with Gasteiger partial charge in [-0.3, -0.25) is 9.59 Å². The number of carbonyl (C=O) groups is 2. The first-order chi connectivity index (χ1) is 15.0. The molecule has 0 aromatic carbocycles. The summed E-state index contributed by atoms with van der Waals surface area (Å²) < 4.78 is 2.34. The number of aromatic nitrogens is 7. The molecule has 0 atom stereocenters. The predicted octanol–water partition coefficient (Wildman–Crippen LogP) is -1.95. The summed E-state index contributed by atoms with van der Waals surface area (Å²) in [5.74, 6) is -1.23. The van der Waals surface area contributed by atoms with Gasteiger partial charge in [0, 0.05) is 5.11 Å². The Hall–Kier alpha value is -4.59. The number of hydrogen-bond acceptors (Lipinski definition) is 10. The fourth-order valence-electron chi connectivity index (χ4n) is 1.99. The van der Waals surface area contributed by atoms with Gasteiger partial charge in [0.2, 0.25) is 11.9 Å². The van der Waals surface area contributed by atoms with Crippen LogP contribution in [0.2, 0.25) is 0 Å². The number of imidazole rings is 2. The average molecular weight is 447 g/mol. The molecule has 7 N–H and O–H groups in total. The lowest BCUT2D eigenvalue weighted by atomic mass is 10.4. The molecule has 0 saturated carbocycles. The van der Waals surface area contributed by atoms with Crippen molar-refractivity contribution in [3.8, 4) is 0 Å². The Balaban J connectivity index is 0.000000273. The fourth-order valence-corrected chi connectivity index (χ4v) is 1.99. The number of rotatable bonds is 5. The number of carbonyl (C=O) groups excluding carboxylic acids is 3. The molecule has 0 saturated heterocycles. The number of isocyanates is 1. The molecule has 0 aliphatic carbocycles. The van der Waals surface area contributed by atoms with Gasteiger partial charge in [0.25, 0.3) is 11.8 Å². The first-order valence-corrected chi connectivity index (χ1v) is 8.98. The molecule has 3 rings (SSSR count). The molecule has 170 valence electrons. The highest BCUT2D eigenvalue weighted by Crippen LogP contribution is 2.09. The topological polar surface area (TPSA) is 247 Å². The third kappa shape index (κ3) is 6.46. The molecule has 16 heteroatoms. The van der Waals surface area contributed by atoms with Crippen LogP contribution >= 0.6 is 0 Å². The summed E-state index contributed by atoms with van der Waals surface area (Å²) in [5, 5.41) is 10.7. The fraction of sp³-hybridized carbons (Fsp3) is 0.375. The number of hydrogen-bond donors (Lipinski definition) is 4. The highest BCUT2D eigenvalue weighted by atomic mass is 16.2. The second-order valence-corrected chi connectivity index (χ2v) is 6.47. The van der Waals surface area contributed by atoms with Crippen LogP contribution in [0.4, 0.5) is 5.82 Å². The Labute approximate surface area is 180 Å². The van der Waals surface area contributed by atoms with Gasteiger partial charge >= 0.3 is 5.69 Å². The molecular formula is C16H23N12O4+. The maximum absolute atomic E-state index is 11.8. The first kappa shape index (κ1) is 25.4. The molecule has 0 aliphatic heterocycles. The molecule has 0 spiro atoms. The molecule has 0 aliphatic rings. The number of nitrogens with one attached hydrogen (secondary N) is 1. The first-order valence-electron chi connectivity index (χ1n) is 8.98. The molecule has 0 unspecified atom stereocenters. The minimum absolute atomic E-state index is 0.0551. The van der Waals surface area contributed by atoms with Crippen LogP contribution in [0.1, 0.15) is 54.7 Å². The summed E-state index contributed by atoms with van der Waals surface area (Å²) in [6.07, 6.45) is 3.95. The molecule has 32 heavy (non-hydrogen) atoms. The Bertz CT molecular complexity index is 1200. The molecule has 3 heterocycles.